The van der Waals surface area contributed by atoms with Gasteiger partial charge >= 0.3 is 6.09 Å². The standard InChI is InChI=1S/C14H28ClNO2Si/c1-11(2)10-12(8-7-9-15)16-13(17)18-19(6)14(3,4)5/h7-8,11-12,19H,9-10H2,1-6H3,(H,16,17)/t12-,19?/m1/s1. The van der Waals surface area contributed by atoms with Gasteiger partial charge in [-0.05, 0) is 23.9 Å². The second-order valence-corrected chi connectivity index (χ2v) is 9.94. The molecule has 0 aromatic heterocycles. The summed E-state index contributed by atoms with van der Waals surface area (Å²) >= 11 is 5.64. The summed E-state index contributed by atoms with van der Waals surface area (Å²) in [5, 5.41) is 2.99. The third-order valence-corrected chi connectivity index (χ3v) is 6.17. The minimum Gasteiger partial charge on any atom is -0.506 e. The van der Waals surface area contributed by atoms with Crippen LogP contribution < -0.4 is 5.32 Å². The lowest BCUT2D eigenvalue weighted by Gasteiger charge is -2.26. The minimum atomic E-state index is -1.53. The first-order valence-electron chi connectivity index (χ1n) is 6.86. The van der Waals surface area contributed by atoms with E-state index in [0.717, 1.165) is 6.42 Å². The van der Waals surface area contributed by atoms with Crippen molar-refractivity contribution in [3.8, 4) is 0 Å². The zero-order valence-electron chi connectivity index (χ0n) is 13.0. The van der Waals surface area contributed by atoms with Gasteiger partial charge in [0.15, 0.2) is 0 Å². The first-order valence-corrected chi connectivity index (χ1v) is 9.60. The van der Waals surface area contributed by atoms with Crippen molar-refractivity contribution in [2.75, 3.05) is 5.88 Å². The number of amides is 1. The van der Waals surface area contributed by atoms with E-state index in [-0.39, 0.29) is 17.2 Å². The van der Waals surface area contributed by atoms with Crippen LogP contribution in [0.1, 0.15) is 41.0 Å². The van der Waals surface area contributed by atoms with E-state index >= 15 is 0 Å². The summed E-state index contributed by atoms with van der Waals surface area (Å²) in [5.74, 6) is 0.959. The van der Waals surface area contributed by atoms with Gasteiger partial charge in [-0.1, -0.05) is 46.8 Å². The average Bonchev–Trinajstić information content (AvgIpc) is 2.23. The molecule has 112 valence electrons. The molecule has 0 aromatic carbocycles. The third-order valence-electron chi connectivity index (χ3n) is 2.99. The topological polar surface area (TPSA) is 38.3 Å². The van der Waals surface area contributed by atoms with E-state index in [9.17, 15) is 4.79 Å². The molecule has 0 rings (SSSR count). The van der Waals surface area contributed by atoms with Gasteiger partial charge in [0.05, 0.1) is 6.04 Å². The summed E-state index contributed by atoms with van der Waals surface area (Å²) in [4.78, 5) is 11.9. The lowest BCUT2D eigenvalue weighted by atomic mass is 10.0. The fraction of sp³-hybridized carbons (Fsp3) is 0.786. The number of carbonyl (C=O) groups is 1. The van der Waals surface area contributed by atoms with Crippen molar-refractivity contribution in [2.45, 2.75) is 58.7 Å². The fourth-order valence-corrected chi connectivity index (χ4v) is 2.28. The van der Waals surface area contributed by atoms with Crippen molar-refractivity contribution in [2.24, 2.45) is 5.92 Å². The van der Waals surface area contributed by atoms with Gasteiger partial charge in [0.1, 0.15) is 0 Å². The van der Waals surface area contributed by atoms with Crippen molar-refractivity contribution in [3.63, 3.8) is 0 Å². The lowest BCUT2D eigenvalue weighted by molar-refractivity contribution is 0.195. The predicted molar refractivity (Wildman–Crippen MR) is 85.4 cm³/mol. The maximum atomic E-state index is 11.9. The number of rotatable bonds is 6. The van der Waals surface area contributed by atoms with Crippen molar-refractivity contribution >= 4 is 26.7 Å². The second kappa shape index (κ2) is 8.64. The number of allylic oxidation sites excluding steroid dienone is 1. The zero-order valence-corrected chi connectivity index (χ0v) is 14.9. The van der Waals surface area contributed by atoms with Crippen molar-refractivity contribution in [1.29, 1.82) is 0 Å². The van der Waals surface area contributed by atoms with Crippen molar-refractivity contribution in [1.82, 2.24) is 5.32 Å². The Hall–Kier alpha value is -0.483. The van der Waals surface area contributed by atoms with Crippen LogP contribution in [0.25, 0.3) is 0 Å². The van der Waals surface area contributed by atoms with Crippen LogP contribution in [0.4, 0.5) is 4.79 Å². The molecule has 0 bridgehead atoms. The Bertz CT molecular complexity index is 300. The van der Waals surface area contributed by atoms with Crippen molar-refractivity contribution < 1.29 is 9.22 Å². The molecule has 0 aromatic rings. The molecule has 0 fully saturated rings. The SMILES string of the molecule is CC(C)C[C@@H](C=CCCl)NC(=O)O[SiH](C)C(C)(C)C. The Morgan fingerprint density at radius 3 is 2.42 bits per heavy atom. The van der Waals surface area contributed by atoms with Gasteiger partial charge in [-0.2, -0.15) is 0 Å². The van der Waals surface area contributed by atoms with Crippen LogP contribution in [0.5, 0.6) is 0 Å². The minimum absolute atomic E-state index is 0.00702. The van der Waals surface area contributed by atoms with Gasteiger partial charge in [0.2, 0.25) is 9.04 Å². The highest BCUT2D eigenvalue weighted by Gasteiger charge is 2.26. The van der Waals surface area contributed by atoms with E-state index in [1.165, 1.54) is 0 Å². The smallest absolute Gasteiger partial charge is 0.393 e. The van der Waals surface area contributed by atoms with Gasteiger partial charge in [0.25, 0.3) is 0 Å². The maximum Gasteiger partial charge on any atom is 0.393 e. The van der Waals surface area contributed by atoms with Crippen LogP contribution in [0.3, 0.4) is 0 Å². The van der Waals surface area contributed by atoms with Crippen molar-refractivity contribution in [3.05, 3.63) is 12.2 Å². The Labute approximate surface area is 124 Å². The third kappa shape index (κ3) is 9.11. The molecule has 0 spiro atoms. The molecule has 1 unspecified atom stereocenters. The number of nitrogens with one attached hydrogen (secondary N) is 1. The molecule has 0 aliphatic rings. The molecular weight excluding hydrogens is 278 g/mol. The first kappa shape index (κ1) is 18.5. The summed E-state index contributed by atoms with van der Waals surface area (Å²) in [7, 11) is -1.53. The molecule has 1 N–H and O–H groups in total. The Kier molecular flexibility index (Phi) is 8.42. The molecule has 2 atom stereocenters. The van der Waals surface area contributed by atoms with E-state index in [0.29, 0.717) is 11.8 Å². The summed E-state index contributed by atoms with van der Waals surface area (Å²) in [5.41, 5.74) is 0. The molecule has 0 aliphatic carbocycles. The zero-order chi connectivity index (χ0) is 15.1. The molecule has 19 heavy (non-hydrogen) atoms. The van der Waals surface area contributed by atoms with E-state index < -0.39 is 9.04 Å². The van der Waals surface area contributed by atoms with Gasteiger partial charge in [-0.25, -0.2) is 4.79 Å². The van der Waals surface area contributed by atoms with Gasteiger partial charge < -0.3 is 9.74 Å². The first-order chi connectivity index (χ1) is 8.66. The molecule has 1 amide bonds. The summed E-state index contributed by atoms with van der Waals surface area (Å²) in [6.45, 7) is 12.6. The van der Waals surface area contributed by atoms with E-state index in [4.69, 9.17) is 16.0 Å². The molecule has 0 saturated heterocycles. The lowest BCUT2D eigenvalue weighted by Crippen LogP contribution is -2.39. The van der Waals surface area contributed by atoms with Crippen LogP contribution in [0, 0.1) is 5.92 Å². The van der Waals surface area contributed by atoms with Gasteiger partial charge in [-0.15, -0.1) is 11.6 Å². The quantitative estimate of drug-likeness (QED) is 0.456. The molecule has 0 heterocycles. The Morgan fingerprint density at radius 2 is 2.00 bits per heavy atom. The Morgan fingerprint density at radius 1 is 1.42 bits per heavy atom. The van der Waals surface area contributed by atoms with E-state index in [1.807, 2.05) is 18.7 Å². The highest BCUT2D eigenvalue weighted by Crippen LogP contribution is 2.27. The van der Waals surface area contributed by atoms with Gasteiger partial charge in [-0.3, -0.25) is 0 Å². The maximum absolute atomic E-state index is 11.9. The summed E-state index contributed by atoms with van der Waals surface area (Å²) in [6.07, 6.45) is 4.38. The number of hydrogen-bond donors (Lipinski definition) is 1. The molecular formula is C14H28ClNO2Si. The fourth-order valence-electron chi connectivity index (χ4n) is 1.43. The van der Waals surface area contributed by atoms with Crippen LogP contribution >= 0.6 is 11.6 Å². The predicted octanol–water partition coefficient (Wildman–Crippen LogP) is 4.08. The monoisotopic (exact) mass is 305 g/mol. The van der Waals surface area contributed by atoms with Crippen LogP contribution in [0.15, 0.2) is 12.2 Å². The molecule has 0 aliphatic heterocycles. The Balaban J connectivity index is 4.42. The molecule has 0 radical (unpaired) electrons. The average molecular weight is 306 g/mol. The second-order valence-electron chi connectivity index (χ2n) is 6.38. The number of alkyl halides is 1. The van der Waals surface area contributed by atoms with E-state index in [2.05, 4.69) is 39.9 Å². The van der Waals surface area contributed by atoms with Gasteiger partial charge in [0, 0.05) is 5.88 Å². The van der Waals surface area contributed by atoms with Crippen LogP contribution in [-0.2, 0) is 4.43 Å². The largest absolute Gasteiger partial charge is 0.506 e. The number of carbonyl (C=O) groups excluding carboxylic acids is 1. The number of halogens is 1. The van der Waals surface area contributed by atoms with Crippen LogP contribution in [0.2, 0.25) is 11.6 Å². The molecule has 5 heteroatoms. The highest BCUT2D eigenvalue weighted by molar-refractivity contribution is 6.55. The molecule has 0 saturated carbocycles. The number of hydrogen-bond acceptors (Lipinski definition) is 2. The molecule has 3 nitrogen and oxygen atoms in total. The summed E-state index contributed by atoms with van der Waals surface area (Å²) in [6, 6.07) is -0.00702. The van der Waals surface area contributed by atoms with Crippen LogP contribution in [-0.4, -0.2) is 27.1 Å². The highest BCUT2D eigenvalue weighted by atomic mass is 35.5. The normalized spacial score (nSPS) is 15.6. The van der Waals surface area contributed by atoms with E-state index in [1.54, 1.807) is 0 Å². The summed E-state index contributed by atoms with van der Waals surface area (Å²) < 4.78 is 5.53.